The molecule has 20 heavy (non-hydrogen) atoms. The van der Waals surface area contributed by atoms with Crippen molar-refractivity contribution in [1.82, 2.24) is 0 Å². The molecule has 2 atom stereocenters. The van der Waals surface area contributed by atoms with Crippen molar-refractivity contribution < 1.29 is 23.5 Å². The molecule has 1 N–H and O–H groups in total. The van der Waals surface area contributed by atoms with Gasteiger partial charge in [0.15, 0.2) is 0 Å². The summed E-state index contributed by atoms with van der Waals surface area (Å²) in [5.74, 6) is -3.84. The van der Waals surface area contributed by atoms with Crippen molar-refractivity contribution >= 4 is 11.8 Å². The second-order valence-electron chi connectivity index (χ2n) is 5.28. The van der Waals surface area contributed by atoms with E-state index in [1.807, 2.05) is 0 Å². The molecule has 2 rings (SSSR count). The van der Waals surface area contributed by atoms with E-state index in [2.05, 4.69) is 0 Å². The maximum absolute atomic E-state index is 14.0. The molecular formula is C15H16F2O3. The number of hydrogen-bond acceptors (Lipinski definition) is 2. The molecule has 1 aromatic rings. The summed E-state index contributed by atoms with van der Waals surface area (Å²) in [5.41, 5.74) is -0.0272. The Morgan fingerprint density at radius 1 is 1.40 bits per heavy atom. The fraction of sp³-hybridized carbons (Fsp3) is 0.467. The van der Waals surface area contributed by atoms with Gasteiger partial charge >= 0.3 is 5.97 Å². The van der Waals surface area contributed by atoms with E-state index in [0.29, 0.717) is 12.8 Å². The number of carbonyl (C=O) groups excluding carboxylic acids is 1. The lowest BCUT2D eigenvalue weighted by Gasteiger charge is -2.13. The second kappa shape index (κ2) is 5.69. The summed E-state index contributed by atoms with van der Waals surface area (Å²) in [5, 5.41) is 8.85. The minimum absolute atomic E-state index is 0.0905. The first-order chi connectivity index (χ1) is 9.40. The maximum atomic E-state index is 14.0. The van der Waals surface area contributed by atoms with E-state index in [0.717, 1.165) is 18.6 Å². The molecule has 0 spiro atoms. The predicted octanol–water partition coefficient (Wildman–Crippen LogP) is 3.06. The van der Waals surface area contributed by atoms with Crippen LogP contribution in [0.4, 0.5) is 8.78 Å². The molecule has 1 aliphatic rings. The number of rotatable bonds is 4. The lowest BCUT2D eigenvalue weighted by atomic mass is 9.93. The zero-order valence-corrected chi connectivity index (χ0v) is 11.2. The molecule has 0 radical (unpaired) electrons. The Bertz CT molecular complexity index is 554. The summed E-state index contributed by atoms with van der Waals surface area (Å²) in [4.78, 5) is 22.4. The smallest absolute Gasteiger partial charge is 0.310 e. The third-order valence-electron chi connectivity index (χ3n) is 3.90. The molecule has 0 aliphatic heterocycles. The van der Waals surface area contributed by atoms with Crippen molar-refractivity contribution in [1.29, 1.82) is 0 Å². The third kappa shape index (κ3) is 2.86. The van der Waals surface area contributed by atoms with Crippen LogP contribution in [0.3, 0.4) is 0 Å². The topological polar surface area (TPSA) is 54.4 Å². The SMILES string of the molecule is CC(C(=O)O)c1cc(F)c(CC2CCCC2=O)cc1F. The second-order valence-corrected chi connectivity index (χ2v) is 5.28. The van der Waals surface area contributed by atoms with Crippen LogP contribution in [0.2, 0.25) is 0 Å². The molecule has 2 unspecified atom stereocenters. The van der Waals surface area contributed by atoms with Gasteiger partial charge < -0.3 is 5.11 Å². The summed E-state index contributed by atoms with van der Waals surface area (Å²) in [7, 11) is 0. The average Bonchev–Trinajstić information content (AvgIpc) is 2.78. The van der Waals surface area contributed by atoms with Gasteiger partial charge in [0.05, 0.1) is 5.92 Å². The van der Waals surface area contributed by atoms with Crippen LogP contribution >= 0.6 is 0 Å². The molecule has 1 fully saturated rings. The standard InChI is InChI=1S/C15H16F2O3/c1-8(15(19)20)11-7-12(16)10(6-13(11)17)5-9-3-2-4-14(9)18/h6-9H,2-5H2,1H3,(H,19,20). The summed E-state index contributed by atoms with van der Waals surface area (Å²) < 4.78 is 27.9. The van der Waals surface area contributed by atoms with Crippen molar-refractivity contribution in [3.63, 3.8) is 0 Å². The number of aliphatic carboxylic acids is 1. The van der Waals surface area contributed by atoms with Crippen molar-refractivity contribution in [3.8, 4) is 0 Å². The Morgan fingerprint density at radius 2 is 2.10 bits per heavy atom. The molecule has 0 aromatic heterocycles. The van der Waals surface area contributed by atoms with Gasteiger partial charge in [0.25, 0.3) is 0 Å². The van der Waals surface area contributed by atoms with Gasteiger partial charge in [-0.05, 0) is 43.9 Å². The van der Waals surface area contributed by atoms with Gasteiger partial charge in [-0.2, -0.15) is 0 Å². The highest BCUT2D eigenvalue weighted by atomic mass is 19.1. The molecule has 0 amide bonds. The highest BCUT2D eigenvalue weighted by molar-refractivity contribution is 5.83. The number of carbonyl (C=O) groups is 2. The van der Waals surface area contributed by atoms with Crippen molar-refractivity contribution in [2.45, 2.75) is 38.5 Å². The molecule has 0 heterocycles. The highest BCUT2D eigenvalue weighted by Crippen LogP contribution is 2.28. The Morgan fingerprint density at radius 3 is 2.65 bits per heavy atom. The van der Waals surface area contributed by atoms with Gasteiger partial charge in [0, 0.05) is 17.9 Å². The number of ketones is 1. The number of Topliss-reactive ketones (excluding diaryl/α,β-unsaturated/α-hetero) is 1. The van der Waals surface area contributed by atoms with Crippen LogP contribution in [0.15, 0.2) is 12.1 Å². The molecule has 1 aliphatic carbocycles. The van der Waals surface area contributed by atoms with Crippen LogP contribution in [0.5, 0.6) is 0 Å². The minimum Gasteiger partial charge on any atom is -0.481 e. The van der Waals surface area contributed by atoms with Gasteiger partial charge in [-0.3, -0.25) is 9.59 Å². The van der Waals surface area contributed by atoms with Crippen molar-refractivity contribution in [2.24, 2.45) is 5.92 Å². The summed E-state index contributed by atoms with van der Waals surface area (Å²) in [6.07, 6.45) is 2.18. The van der Waals surface area contributed by atoms with Gasteiger partial charge in [0.1, 0.15) is 17.4 Å². The van der Waals surface area contributed by atoms with Crippen LogP contribution in [0.1, 0.15) is 43.2 Å². The molecule has 1 aromatic carbocycles. The lowest BCUT2D eigenvalue weighted by Crippen LogP contribution is -2.13. The van der Waals surface area contributed by atoms with E-state index < -0.39 is 23.5 Å². The van der Waals surface area contributed by atoms with E-state index in [1.54, 1.807) is 0 Å². The van der Waals surface area contributed by atoms with Crippen LogP contribution in [-0.4, -0.2) is 16.9 Å². The van der Waals surface area contributed by atoms with Gasteiger partial charge in [-0.25, -0.2) is 8.78 Å². The van der Waals surface area contributed by atoms with E-state index in [-0.39, 0.29) is 29.2 Å². The molecule has 5 heteroatoms. The van der Waals surface area contributed by atoms with E-state index in [9.17, 15) is 18.4 Å². The Kier molecular flexibility index (Phi) is 4.16. The fourth-order valence-corrected chi connectivity index (χ4v) is 2.59. The first kappa shape index (κ1) is 14.6. The average molecular weight is 282 g/mol. The van der Waals surface area contributed by atoms with Gasteiger partial charge in [-0.15, -0.1) is 0 Å². The molecule has 108 valence electrons. The van der Waals surface area contributed by atoms with Crippen LogP contribution in [0.25, 0.3) is 0 Å². The molecular weight excluding hydrogens is 266 g/mol. The minimum atomic E-state index is -1.21. The lowest BCUT2D eigenvalue weighted by molar-refractivity contribution is -0.138. The van der Waals surface area contributed by atoms with E-state index in [4.69, 9.17) is 5.11 Å². The largest absolute Gasteiger partial charge is 0.481 e. The van der Waals surface area contributed by atoms with E-state index >= 15 is 0 Å². The molecule has 1 saturated carbocycles. The van der Waals surface area contributed by atoms with Crippen molar-refractivity contribution in [2.75, 3.05) is 0 Å². The first-order valence-corrected chi connectivity index (χ1v) is 6.63. The zero-order chi connectivity index (χ0) is 14.9. The van der Waals surface area contributed by atoms with Crippen molar-refractivity contribution in [3.05, 3.63) is 34.9 Å². The Balaban J connectivity index is 2.26. The van der Waals surface area contributed by atoms with Gasteiger partial charge in [-0.1, -0.05) is 0 Å². The number of halogens is 2. The number of carboxylic acids is 1. The zero-order valence-electron chi connectivity index (χ0n) is 11.2. The molecule has 0 saturated heterocycles. The van der Waals surface area contributed by atoms with E-state index in [1.165, 1.54) is 6.92 Å². The highest BCUT2D eigenvalue weighted by Gasteiger charge is 2.27. The third-order valence-corrected chi connectivity index (χ3v) is 3.90. The van der Waals surface area contributed by atoms with Crippen LogP contribution in [-0.2, 0) is 16.0 Å². The predicted molar refractivity (Wildman–Crippen MR) is 68.5 cm³/mol. The first-order valence-electron chi connectivity index (χ1n) is 6.63. The Labute approximate surface area is 115 Å². The fourth-order valence-electron chi connectivity index (χ4n) is 2.59. The Hall–Kier alpha value is -1.78. The quantitative estimate of drug-likeness (QED) is 0.923. The maximum Gasteiger partial charge on any atom is 0.310 e. The summed E-state index contributed by atoms with van der Waals surface area (Å²) in [6.45, 7) is 1.31. The summed E-state index contributed by atoms with van der Waals surface area (Å²) >= 11 is 0. The monoisotopic (exact) mass is 282 g/mol. The van der Waals surface area contributed by atoms with Crippen LogP contribution < -0.4 is 0 Å². The number of carboxylic acid groups (broad SMARTS) is 1. The number of benzene rings is 1. The summed E-state index contributed by atoms with van der Waals surface area (Å²) in [6, 6.07) is 1.96. The normalized spacial score (nSPS) is 20.1. The molecule has 0 bridgehead atoms. The van der Waals surface area contributed by atoms with Gasteiger partial charge in [0.2, 0.25) is 0 Å². The molecule has 3 nitrogen and oxygen atoms in total. The van der Waals surface area contributed by atoms with Crippen LogP contribution in [0, 0.1) is 17.6 Å². The number of hydrogen-bond donors (Lipinski definition) is 1.